The Hall–Kier alpha value is -2.21. The van der Waals surface area contributed by atoms with Crippen molar-refractivity contribution in [1.82, 2.24) is 0 Å². The van der Waals surface area contributed by atoms with Gasteiger partial charge in [0.25, 0.3) is 0 Å². The summed E-state index contributed by atoms with van der Waals surface area (Å²) in [5.74, 6) is -1.12. The average Bonchev–Trinajstić information content (AvgIpc) is 2.49. The van der Waals surface area contributed by atoms with Gasteiger partial charge in [0.15, 0.2) is 0 Å². The zero-order valence-corrected chi connectivity index (χ0v) is 13.6. The van der Waals surface area contributed by atoms with Crippen molar-refractivity contribution in [2.45, 2.75) is 11.1 Å². The van der Waals surface area contributed by atoms with E-state index in [0.717, 1.165) is 14.2 Å². The predicted molar refractivity (Wildman–Crippen MR) is 73.4 cm³/mol. The number of carboxylic acid groups (broad SMARTS) is 1. The Morgan fingerprint density at radius 2 is 1.64 bits per heavy atom. The molecule has 2 radical (unpaired) electrons. The number of ether oxygens (including phenoxy) is 4. The maximum atomic E-state index is 11.2. The van der Waals surface area contributed by atoms with Gasteiger partial charge in [-0.2, -0.15) is 0 Å². The predicted octanol–water partition coefficient (Wildman–Crippen LogP) is 1.56. The fourth-order valence-electron chi connectivity index (χ4n) is 1.42. The molecule has 0 amide bonds. The van der Waals surface area contributed by atoms with Crippen LogP contribution >= 0.6 is 0 Å². The van der Waals surface area contributed by atoms with E-state index in [1.807, 2.05) is 16.9 Å². The Morgan fingerprint density at radius 3 is 2.14 bits per heavy atom. The molecule has 0 aliphatic carbocycles. The van der Waals surface area contributed by atoms with Crippen LogP contribution in [0.1, 0.15) is 5.56 Å². The number of carbonyl (C=O) groups excluding carboxylic acids is 2. The fourth-order valence-corrected chi connectivity index (χ4v) is 1.86. The van der Waals surface area contributed by atoms with Crippen LogP contribution in [0.5, 0.6) is 11.5 Å². The van der Waals surface area contributed by atoms with E-state index in [2.05, 4.69) is 9.47 Å². The molecule has 0 fully saturated rings. The van der Waals surface area contributed by atoms with E-state index in [-0.39, 0.29) is 17.9 Å². The molecule has 1 aromatic rings. The SMILES string of the molecule is COC(=O)Oc1ccc(C[C@H]([As])C(=O)O)cc1OC(=O)OC. The van der Waals surface area contributed by atoms with Crippen molar-refractivity contribution >= 4 is 35.1 Å². The van der Waals surface area contributed by atoms with Crippen LogP contribution in [0.25, 0.3) is 0 Å². The first kappa shape index (κ1) is 17.8. The minimum absolute atomic E-state index is 0.0570. The number of aliphatic carboxylic acids is 1. The third kappa shape index (κ3) is 5.29. The van der Waals surface area contributed by atoms with Gasteiger partial charge in [-0.05, 0) is 0 Å². The molecule has 9 heteroatoms. The van der Waals surface area contributed by atoms with Gasteiger partial charge in [0.1, 0.15) is 0 Å². The molecule has 22 heavy (non-hydrogen) atoms. The van der Waals surface area contributed by atoms with E-state index in [1.165, 1.54) is 12.1 Å². The number of rotatable bonds is 5. The second-order valence-electron chi connectivity index (χ2n) is 3.95. The van der Waals surface area contributed by atoms with Crippen LogP contribution in [-0.2, 0) is 20.7 Å². The van der Waals surface area contributed by atoms with Crippen LogP contribution in [0.2, 0.25) is 4.71 Å². The summed E-state index contributed by atoms with van der Waals surface area (Å²) in [6.07, 6.45) is -1.81. The molecule has 0 aromatic heterocycles. The molecule has 118 valence electrons. The van der Waals surface area contributed by atoms with Gasteiger partial charge in [0, 0.05) is 0 Å². The summed E-state index contributed by atoms with van der Waals surface area (Å²) in [5.41, 5.74) is 0.573. The van der Waals surface area contributed by atoms with E-state index < -0.39 is 23.0 Å². The number of hydrogen-bond acceptors (Lipinski definition) is 7. The molecule has 0 bridgehead atoms. The van der Waals surface area contributed by atoms with Crippen LogP contribution in [0.4, 0.5) is 9.59 Å². The monoisotopic (exact) mass is 372 g/mol. The van der Waals surface area contributed by atoms with Crippen LogP contribution in [0, 0.1) is 0 Å². The topological polar surface area (TPSA) is 108 Å². The molecule has 8 nitrogen and oxygen atoms in total. The maximum absolute atomic E-state index is 11.2. The van der Waals surface area contributed by atoms with Crippen molar-refractivity contribution in [1.29, 1.82) is 0 Å². The molecule has 1 N–H and O–H groups in total. The molecule has 1 atom stereocenters. The minimum atomic E-state index is -1.01. The van der Waals surface area contributed by atoms with Crippen molar-refractivity contribution < 1.29 is 38.4 Å². The summed E-state index contributed by atoms with van der Waals surface area (Å²) >= 11 is 2.03. The number of methoxy groups -OCH3 is 2. The Labute approximate surface area is 134 Å². The van der Waals surface area contributed by atoms with Crippen molar-refractivity contribution in [2.24, 2.45) is 0 Å². The van der Waals surface area contributed by atoms with Gasteiger partial charge < -0.3 is 0 Å². The van der Waals surface area contributed by atoms with Crippen molar-refractivity contribution in [3.63, 3.8) is 0 Å². The van der Waals surface area contributed by atoms with E-state index in [9.17, 15) is 14.4 Å². The summed E-state index contributed by atoms with van der Waals surface area (Å²) in [6.45, 7) is 0. The molecule has 1 rings (SSSR count). The Kier molecular flexibility index (Phi) is 6.72. The van der Waals surface area contributed by atoms with Gasteiger partial charge in [-0.3, -0.25) is 0 Å². The Morgan fingerprint density at radius 1 is 1.09 bits per heavy atom. The summed E-state index contributed by atoms with van der Waals surface area (Å²) < 4.78 is 17.7. The fraction of sp³-hybridized carbons (Fsp3) is 0.308. The third-order valence-corrected chi connectivity index (χ3v) is 3.29. The second kappa shape index (κ2) is 8.28. The number of hydrogen-bond donors (Lipinski definition) is 1. The molecule has 0 spiro atoms. The van der Waals surface area contributed by atoms with Gasteiger partial charge in [0.2, 0.25) is 0 Å². The molecule has 0 heterocycles. The van der Waals surface area contributed by atoms with Crippen molar-refractivity contribution in [3.8, 4) is 11.5 Å². The molecule has 0 saturated heterocycles. The van der Waals surface area contributed by atoms with Gasteiger partial charge in [0.05, 0.1) is 0 Å². The van der Waals surface area contributed by atoms with Gasteiger partial charge in [-0.25, -0.2) is 0 Å². The first-order chi connectivity index (χ1) is 10.4. The van der Waals surface area contributed by atoms with E-state index in [0.29, 0.717) is 5.56 Å². The molecule has 0 aliphatic heterocycles. The number of carboxylic acids is 1. The number of carbonyl (C=O) groups is 3. The second-order valence-corrected chi connectivity index (χ2v) is 5.26. The Bertz CT molecular complexity index is 571. The van der Waals surface area contributed by atoms with Crippen LogP contribution in [-0.4, -0.2) is 54.5 Å². The van der Waals surface area contributed by atoms with Gasteiger partial charge in [-0.1, -0.05) is 0 Å². The van der Waals surface area contributed by atoms with E-state index >= 15 is 0 Å². The number of benzene rings is 1. The summed E-state index contributed by atoms with van der Waals surface area (Å²) in [4.78, 5) is 33.2. The van der Waals surface area contributed by atoms with E-state index in [4.69, 9.17) is 14.6 Å². The zero-order chi connectivity index (χ0) is 16.7. The first-order valence-corrected chi connectivity index (χ1v) is 7.01. The van der Waals surface area contributed by atoms with Crippen molar-refractivity contribution in [3.05, 3.63) is 23.8 Å². The summed E-state index contributed by atoms with van der Waals surface area (Å²) in [7, 11) is 2.25. The molecule has 0 unspecified atom stereocenters. The van der Waals surface area contributed by atoms with Crippen molar-refractivity contribution in [2.75, 3.05) is 14.2 Å². The molecular formula is C13H13AsO8. The normalized spacial score (nSPS) is 11.2. The first-order valence-electron chi connectivity index (χ1n) is 5.92. The van der Waals surface area contributed by atoms with E-state index in [1.54, 1.807) is 6.07 Å². The molecule has 0 saturated carbocycles. The molecular weight excluding hydrogens is 359 g/mol. The van der Waals surface area contributed by atoms with Gasteiger partial charge >= 0.3 is 134 Å². The summed E-state index contributed by atoms with van der Waals surface area (Å²) in [6, 6.07) is 4.30. The Balaban J connectivity index is 3.04. The summed E-state index contributed by atoms with van der Waals surface area (Å²) in [5, 5.41) is 8.89. The third-order valence-electron chi connectivity index (χ3n) is 2.44. The van der Waals surface area contributed by atoms with Crippen LogP contribution < -0.4 is 9.47 Å². The molecule has 0 aliphatic rings. The average molecular weight is 372 g/mol. The standard InChI is InChI=1S/C13H13AsO8/c1-19-12(17)21-9-4-3-7(5-8(14)11(15)16)6-10(9)22-13(18)20-2/h3-4,6,8H,5H2,1-2H3,(H,15,16)/t8-/m0/s1. The molecule has 1 aromatic carbocycles. The van der Waals surface area contributed by atoms with Gasteiger partial charge in [-0.15, -0.1) is 0 Å². The quantitative estimate of drug-likeness (QED) is 0.471. The zero-order valence-electron chi connectivity index (χ0n) is 11.8. The van der Waals surface area contributed by atoms with Crippen LogP contribution in [0.3, 0.4) is 0 Å². The van der Waals surface area contributed by atoms with Crippen LogP contribution in [0.15, 0.2) is 18.2 Å².